The zero-order valence-corrected chi connectivity index (χ0v) is 12.2. The maximum atomic E-state index is 14.6. The Kier molecular flexibility index (Phi) is 2.89. The molecule has 0 bridgehead atoms. The Balaban J connectivity index is 1.78. The predicted octanol–water partition coefficient (Wildman–Crippen LogP) is 3.97. The van der Waals surface area contributed by atoms with E-state index < -0.39 is 11.8 Å². The molecule has 2 aromatic rings. The zero-order valence-electron chi connectivity index (χ0n) is 11.4. The van der Waals surface area contributed by atoms with Gasteiger partial charge in [0.2, 0.25) is 0 Å². The SMILES string of the molecule is OC(c1c(C2(F)CC2)sc2cncn12)C1CCCCC1. The number of alkyl halides is 1. The minimum absolute atomic E-state index is 0.269. The fraction of sp³-hybridized carbons (Fsp3) is 0.667. The summed E-state index contributed by atoms with van der Waals surface area (Å²) >= 11 is 1.46. The zero-order chi connectivity index (χ0) is 13.7. The van der Waals surface area contributed by atoms with Crippen molar-refractivity contribution in [2.45, 2.75) is 56.7 Å². The van der Waals surface area contributed by atoms with Crippen LogP contribution < -0.4 is 0 Å². The van der Waals surface area contributed by atoms with E-state index >= 15 is 0 Å². The summed E-state index contributed by atoms with van der Waals surface area (Å²) in [5.74, 6) is 0.269. The molecule has 5 heteroatoms. The molecule has 2 fully saturated rings. The molecule has 3 nitrogen and oxygen atoms in total. The first-order chi connectivity index (χ1) is 9.69. The summed E-state index contributed by atoms with van der Waals surface area (Å²) in [7, 11) is 0. The van der Waals surface area contributed by atoms with Crippen LogP contribution in [0.15, 0.2) is 12.5 Å². The Hall–Kier alpha value is -0.940. The number of nitrogens with zero attached hydrogens (tertiary/aromatic N) is 2. The molecule has 0 amide bonds. The van der Waals surface area contributed by atoms with Crippen molar-refractivity contribution >= 4 is 16.2 Å². The monoisotopic (exact) mass is 294 g/mol. The lowest BCUT2D eigenvalue weighted by Gasteiger charge is -2.27. The van der Waals surface area contributed by atoms with Gasteiger partial charge in [-0.25, -0.2) is 9.37 Å². The number of halogens is 1. The van der Waals surface area contributed by atoms with Gasteiger partial charge in [-0.15, -0.1) is 11.3 Å². The van der Waals surface area contributed by atoms with E-state index in [4.69, 9.17) is 0 Å². The smallest absolute Gasteiger partial charge is 0.147 e. The number of aliphatic hydroxyl groups is 1. The third-order valence-corrected chi connectivity index (χ3v) is 6.07. The van der Waals surface area contributed by atoms with Crippen molar-refractivity contribution in [1.82, 2.24) is 9.38 Å². The van der Waals surface area contributed by atoms with Gasteiger partial charge < -0.3 is 5.11 Å². The molecule has 1 unspecified atom stereocenters. The summed E-state index contributed by atoms with van der Waals surface area (Å²) in [6.45, 7) is 0. The van der Waals surface area contributed by atoms with E-state index in [9.17, 15) is 9.50 Å². The molecule has 108 valence electrons. The number of thiazole rings is 1. The third-order valence-electron chi connectivity index (χ3n) is 4.78. The van der Waals surface area contributed by atoms with Crippen molar-refractivity contribution in [1.29, 1.82) is 0 Å². The van der Waals surface area contributed by atoms with Crippen LogP contribution in [0, 0.1) is 5.92 Å². The van der Waals surface area contributed by atoms with Crippen LogP contribution in [-0.4, -0.2) is 14.5 Å². The second-order valence-corrected chi connectivity index (χ2v) is 7.26. The molecular formula is C15H19FN2OS. The lowest BCUT2D eigenvalue weighted by atomic mass is 9.83. The van der Waals surface area contributed by atoms with Crippen LogP contribution in [-0.2, 0) is 5.67 Å². The fourth-order valence-corrected chi connectivity index (χ4v) is 4.69. The molecule has 0 radical (unpaired) electrons. The van der Waals surface area contributed by atoms with E-state index in [0.717, 1.165) is 28.2 Å². The van der Waals surface area contributed by atoms with Gasteiger partial charge in [-0.3, -0.25) is 4.40 Å². The molecule has 0 aromatic carbocycles. The lowest BCUT2D eigenvalue weighted by molar-refractivity contribution is 0.0781. The minimum atomic E-state index is -1.19. The molecular weight excluding hydrogens is 275 g/mol. The first kappa shape index (κ1) is 12.8. The van der Waals surface area contributed by atoms with Gasteiger partial charge in [-0.1, -0.05) is 19.3 Å². The number of hydrogen-bond donors (Lipinski definition) is 1. The van der Waals surface area contributed by atoms with Crippen molar-refractivity contribution in [2.75, 3.05) is 0 Å². The fourth-order valence-electron chi connectivity index (χ4n) is 3.41. The second-order valence-electron chi connectivity index (χ2n) is 6.23. The molecule has 0 spiro atoms. The van der Waals surface area contributed by atoms with Gasteiger partial charge in [0.1, 0.15) is 16.8 Å². The van der Waals surface area contributed by atoms with Crippen LogP contribution in [0.25, 0.3) is 4.83 Å². The Morgan fingerprint density at radius 2 is 2.10 bits per heavy atom. The molecule has 2 saturated carbocycles. The molecule has 0 saturated heterocycles. The standard InChI is InChI=1S/C15H19FN2OS/c16-15(6-7-15)14-12(18-9-17-8-11(18)20-14)13(19)10-4-2-1-3-5-10/h8-10,13,19H,1-7H2. The van der Waals surface area contributed by atoms with Crippen molar-refractivity contribution in [3.8, 4) is 0 Å². The van der Waals surface area contributed by atoms with Gasteiger partial charge in [0.05, 0.1) is 22.9 Å². The number of aliphatic hydroxyl groups excluding tert-OH is 1. The highest BCUT2D eigenvalue weighted by Gasteiger charge is 2.49. The van der Waals surface area contributed by atoms with E-state index in [1.54, 1.807) is 12.5 Å². The highest BCUT2D eigenvalue weighted by Crippen LogP contribution is 2.55. The van der Waals surface area contributed by atoms with E-state index in [1.807, 2.05) is 4.40 Å². The van der Waals surface area contributed by atoms with Gasteiger partial charge >= 0.3 is 0 Å². The highest BCUT2D eigenvalue weighted by molar-refractivity contribution is 7.17. The summed E-state index contributed by atoms with van der Waals surface area (Å²) in [5, 5.41) is 10.8. The van der Waals surface area contributed by atoms with Gasteiger partial charge in [0, 0.05) is 0 Å². The van der Waals surface area contributed by atoms with Gasteiger partial charge in [0.25, 0.3) is 0 Å². The molecule has 4 rings (SSSR count). The van der Waals surface area contributed by atoms with Gasteiger partial charge in [-0.05, 0) is 31.6 Å². The van der Waals surface area contributed by atoms with Crippen molar-refractivity contribution in [3.63, 3.8) is 0 Å². The highest BCUT2D eigenvalue weighted by atomic mass is 32.1. The first-order valence-electron chi connectivity index (χ1n) is 7.51. The minimum Gasteiger partial charge on any atom is -0.387 e. The van der Waals surface area contributed by atoms with Crippen molar-refractivity contribution in [2.24, 2.45) is 5.92 Å². The number of imidazole rings is 1. The molecule has 20 heavy (non-hydrogen) atoms. The van der Waals surface area contributed by atoms with Crippen molar-refractivity contribution < 1.29 is 9.50 Å². The number of aromatic nitrogens is 2. The maximum Gasteiger partial charge on any atom is 0.147 e. The second kappa shape index (κ2) is 4.53. The van der Waals surface area contributed by atoms with Crippen LogP contribution in [0.5, 0.6) is 0 Å². The normalized spacial score (nSPS) is 24.1. The number of hydrogen-bond acceptors (Lipinski definition) is 3. The Morgan fingerprint density at radius 3 is 2.80 bits per heavy atom. The average molecular weight is 294 g/mol. The Bertz CT molecular complexity index is 625. The van der Waals surface area contributed by atoms with Gasteiger partial charge in [-0.2, -0.15) is 0 Å². The third kappa shape index (κ3) is 1.91. The van der Waals surface area contributed by atoms with E-state index in [0.29, 0.717) is 12.8 Å². The van der Waals surface area contributed by atoms with E-state index in [1.165, 1.54) is 30.6 Å². The first-order valence-corrected chi connectivity index (χ1v) is 8.33. The van der Waals surface area contributed by atoms with Crippen LogP contribution in [0.1, 0.15) is 61.6 Å². The Morgan fingerprint density at radius 1 is 1.35 bits per heavy atom. The quantitative estimate of drug-likeness (QED) is 0.930. The summed E-state index contributed by atoms with van der Waals surface area (Å²) in [4.78, 5) is 5.82. The Labute approximate surface area is 121 Å². The molecule has 1 atom stereocenters. The van der Waals surface area contributed by atoms with Crippen molar-refractivity contribution in [3.05, 3.63) is 23.1 Å². The molecule has 1 N–H and O–H groups in total. The topological polar surface area (TPSA) is 37.5 Å². The average Bonchev–Trinajstić information content (AvgIpc) is 2.90. The van der Waals surface area contributed by atoms with Crippen LogP contribution in [0.4, 0.5) is 4.39 Å². The summed E-state index contributed by atoms with van der Waals surface area (Å²) in [6.07, 6.45) is 9.80. The predicted molar refractivity (Wildman–Crippen MR) is 76.6 cm³/mol. The van der Waals surface area contributed by atoms with E-state index in [2.05, 4.69) is 4.98 Å². The molecule has 0 aliphatic heterocycles. The molecule has 2 aliphatic rings. The largest absolute Gasteiger partial charge is 0.387 e. The lowest BCUT2D eigenvalue weighted by Crippen LogP contribution is -2.19. The van der Waals surface area contributed by atoms with E-state index in [-0.39, 0.29) is 5.92 Å². The molecule has 2 aliphatic carbocycles. The summed E-state index contributed by atoms with van der Waals surface area (Å²) in [5.41, 5.74) is -0.413. The molecule has 2 heterocycles. The molecule has 2 aromatic heterocycles. The summed E-state index contributed by atoms with van der Waals surface area (Å²) < 4.78 is 16.5. The summed E-state index contributed by atoms with van der Waals surface area (Å²) in [6, 6.07) is 0. The van der Waals surface area contributed by atoms with Crippen LogP contribution in [0.2, 0.25) is 0 Å². The van der Waals surface area contributed by atoms with Crippen LogP contribution in [0.3, 0.4) is 0 Å². The van der Waals surface area contributed by atoms with Crippen LogP contribution >= 0.6 is 11.3 Å². The van der Waals surface area contributed by atoms with Gasteiger partial charge in [0.15, 0.2) is 0 Å². The number of fused-ring (bicyclic) bond motifs is 1. The maximum absolute atomic E-state index is 14.6. The number of rotatable bonds is 3.